The van der Waals surface area contributed by atoms with Crippen molar-refractivity contribution in [2.24, 2.45) is 5.92 Å². The van der Waals surface area contributed by atoms with Gasteiger partial charge < -0.3 is 15.5 Å². The Morgan fingerprint density at radius 2 is 1.79 bits per heavy atom. The van der Waals surface area contributed by atoms with E-state index in [1.54, 1.807) is 4.90 Å². The molecule has 3 rings (SSSR count). The van der Waals surface area contributed by atoms with Crippen LogP contribution in [0.25, 0.3) is 0 Å². The zero-order chi connectivity index (χ0) is 24.0. The Morgan fingerprint density at radius 1 is 1.09 bits per heavy atom. The zero-order valence-electron chi connectivity index (χ0n) is 19.4. The summed E-state index contributed by atoms with van der Waals surface area (Å²) in [6.07, 6.45) is 4.11. The molecule has 9 heteroatoms. The topological polar surface area (TPSA) is 121 Å². The second kappa shape index (κ2) is 11.0. The largest absolute Gasteiger partial charge is 0.383 e. The van der Waals surface area contributed by atoms with Crippen LogP contribution in [0.3, 0.4) is 0 Å². The van der Waals surface area contributed by atoms with Crippen molar-refractivity contribution in [3.63, 3.8) is 0 Å². The van der Waals surface area contributed by atoms with Gasteiger partial charge in [0.15, 0.2) is 5.69 Å². The highest BCUT2D eigenvalue weighted by Crippen LogP contribution is 2.28. The molecule has 0 bridgehead atoms. The summed E-state index contributed by atoms with van der Waals surface area (Å²) in [5, 5.41) is 0. The smallest absolute Gasteiger partial charge is 0.330 e. The first-order valence-electron chi connectivity index (χ1n) is 11.7. The summed E-state index contributed by atoms with van der Waals surface area (Å²) in [7, 11) is 0. The third-order valence-electron chi connectivity index (χ3n) is 6.01. The maximum atomic E-state index is 13.6. The Balaban J connectivity index is 1.95. The highest BCUT2D eigenvalue weighted by molar-refractivity contribution is 6.05. The lowest BCUT2D eigenvalue weighted by atomic mass is 10.1. The lowest BCUT2D eigenvalue weighted by Crippen LogP contribution is -2.44. The third-order valence-corrected chi connectivity index (χ3v) is 6.01. The van der Waals surface area contributed by atoms with Gasteiger partial charge in [0.1, 0.15) is 5.82 Å². The molecule has 1 saturated heterocycles. The summed E-state index contributed by atoms with van der Waals surface area (Å²) in [5.74, 6) is -1.07. The number of unbranched alkanes of at least 4 members (excludes halogenated alkanes) is 3. The van der Waals surface area contributed by atoms with Gasteiger partial charge in [0, 0.05) is 31.7 Å². The van der Waals surface area contributed by atoms with E-state index >= 15 is 0 Å². The number of hydrogen-bond donors (Lipinski definition) is 2. The maximum absolute atomic E-state index is 13.6. The van der Waals surface area contributed by atoms with Crippen LogP contribution < -0.4 is 26.8 Å². The Kier molecular flexibility index (Phi) is 8.08. The first-order valence-corrected chi connectivity index (χ1v) is 11.7. The van der Waals surface area contributed by atoms with Crippen molar-refractivity contribution in [2.75, 3.05) is 28.6 Å². The van der Waals surface area contributed by atoms with Crippen LogP contribution in [0, 0.1) is 5.92 Å². The number of nitrogens with zero attached hydrogens (tertiary/aromatic N) is 3. The Hall–Kier alpha value is -3.36. The van der Waals surface area contributed by atoms with Crippen LogP contribution in [0.4, 0.5) is 17.2 Å². The fourth-order valence-electron chi connectivity index (χ4n) is 4.18. The summed E-state index contributed by atoms with van der Waals surface area (Å²) in [4.78, 5) is 56.8. The fourth-order valence-corrected chi connectivity index (χ4v) is 4.18. The molecule has 3 N–H and O–H groups in total. The number of anilines is 3. The van der Waals surface area contributed by atoms with Gasteiger partial charge in [0.2, 0.25) is 11.8 Å². The van der Waals surface area contributed by atoms with Crippen molar-refractivity contribution in [1.29, 1.82) is 0 Å². The number of carbonyl (C=O) groups is 2. The van der Waals surface area contributed by atoms with Gasteiger partial charge in [-0.3, -0.25) is 23.9 Å². The minimum Gasteiger partial charge on any atom is -0.383 e. The van der Waals surface area contributed by atoms with Gasteiger partial charge in [0.05, 0.1) is 5.92 Å². The van der Waals surface area contributed by atoms with Crippen LogP contribution in [-0.4, -0.2) is 34.5 Å². The van der Waals surface area contributed by atoms with Gasteiger partial charge in [-0.2, -0.15) is 0 Å². The molecule has 0 radical (unpaired) electrons. The van der Waals surface area contributed by atoms with Crippen molar-refractivity contribution in [1.82, 2.24) is 9.55 Å². The summed E-state index contributed by atoms with van der Waals surface area (Å²) >= 11 is 0. The SMILES string of the molecule is CCCCCN(C(=O)C1CC(=O)N(c2ccccc2)C1)c1c(N)n(CCCC)c(=O)[nH]c1=O. The molecule has 1 atom stereocenters. The molecule has 9 nitrogen and oxygen atoms in total. The predicted molar refractivity (Wildman–Crippen MR) is 129 cm³/mol. The number of carbonyl (C=O) groups excluding carboxylic acids is 2. The number of para-hydroxylation sites is 1. The molecule has 1 unspecified atom stereocenters. The average molecular weight is 456 g/mol. The fraction of sp³-hybridized carbons (Fsp3) is 0.500. The second-order valence-electron chi connectivity index (χ2n) is 8.44. The summed E-state index contributed by atoms with van der Waals surface area (Å²) in [6.45, 7) is 4.92. The molecule has 33 heavy (non-hydrogen) atoms. The number of hydrogen-bond acceptors (Lipinski definition) is 5. The van der Waals surface area contributed by atoms with E-state index in [4.69, 9.17) is 5.73 Å². The number of amides is 2. The minimum atomic E-state index is -0.681. The maximum Gasteiger partial charge on any atom is 0.330 e. The molecule has 1 aromatic carbocycles. The van der Waals surface area contributed by atoms with E-state index in [1.165, 1.54) is 9.47 Å². The third kappa shape index (κ3) is 5.35. The van der Waals surface area contributed by atoms with E-state index < -0.39 is 17.2 Å². The minimum absolute atomic E-state index is 0.00239. The van der Waals surface area contributed by atoms with Gasteiger partial charge in [-0.15, -0.1) is 0 Å². The van der Waals surface area contributed by atoms with Crippen LogP contribution in [0.2, 0.25) is 0 Å². The van der Waals surface area contributed by atoms with E-state index in [-0.39, 0.29) is 36.3 Å². The van der Waals surface area contributed by atoms with Crippen molar-refractivity contribution < 1.29 is 9.59 Å². The molecule has 2 amide bonds. The van der Waals surface area contributed by atoms with Gasteiger partial charge in [-0.25, -0.2) is 4.79 Å². The number of aromatic nitrogens is 2. The van der Waals surface area contributed by atoms with Gasteiger partial charge in [-0.1, -0.05) is 51.3 Å². The Morgan fingerprint density at radius 3 is 2.45 bits per heavy atom. The van der Waals surface area contributed by atoms with Gasteiger partial charge >= 0.3 is 5.69 Å². The van der Waals surface area contributed by atoms with Crippen LogP contribution in [0.5, 0.6) is 0 Å². The summed E-state index contributed by atoms with van der Waals surface area (Å²) < 4.78 is 1.32. The molecule has 0 saturated carbocycles. The van der Waals surface area contributed by atoms with E-state index in [9.17, 15) is 19.2 Å². The number of H-pyrrole nitrogens is 1. The first-order chi connectivity index (χ1) is 15.9. The molecule has 2 heterocycles. The highest BCUT2D eigenvalue weighted by Gasteiger charge is 2.38. The van der Waals surface area contributed by atoms with Crippen LogP contribution in [0.1, 0.15) is 52.4 Å². The number of aromatic amines is 1. The van der Waals surface area contributed by atoms with E-state index in [0.29, 0.717) is 25.9 Å². The lowest BCUT2D eigenvalue weighted by molar-refractivity contribution is -0.124. The molecule has 2 aromatic rings. The predicted octanol–water partition coefficient (Wildman–Crippen LogP) is 2.50. The van der Waals surface area contributed by atoms with Gasteiger partial charge in [0.25, 0.3) is 5.56 Å². The molecule has 1 aromatic heterocycles. The monoisotopic (exact) mass is 455 g/mol. The molecule has 1 fully saturated rings. The summed E-state index contributed by atoms with van der Waals surface area (Å²) in [6, 6.07) is 9.21. The normalized spacial score (nSPS) is 15.8. The number of nitrogens with two attached hydrogens (primary N) is 1. The number of nitrogen functional groups attached to an aromatic ring is 1. The molecule has 0 spiro atoms. The van der Waals surface area contributed by atoms with E-state index in [2.05, 4.69) is 4.98 Å². The quantitative estimate of drug-likeness (QED) is 0.533. The van der Waals surface area contributed by atoms with E-state index in [0.717, 1.165) is 24.9 Å². The molecule has 1 aliphatic rings. The highest BCUT2D eigenvalue weighted by atomic mass is 16.2. The molecular weight excluding hydrogens is 422 g/mol. The van der Waals surface area contributed by atoms with Crippen molar-refractivity contribution in [2.45, 2.75) is 58.9 Å². The van der Waals surface area contributed by atoms with Crippen molar-refractivity contribution >= 4 is 29.0 Å². The first kappa shape index (κ1) is 24.3. The average Bonchev–Trinajstić information content (AvgIpc) is 3.19. The standard InChI is InChI=1S/C24H33N5O4/c1-3-5-10-14-27(20-21(25)28(13-6-4-2)24(33)26-22(20)31)23(32)17-15-19(30)29(16-17)18-11-8-7-9-12-18/h7-9,11-12,17H,3-6,10,13-16,25H2,1-2H3,(H,26,31,33). The van der Waals surface area contributed by atoms with Crippen molar-refractivity contribution in [3.8, 4) is 0 Å². The molecule has 0 aliphatic carbocycles. The molecule has 1 aliphatic heterocycles. The number of nitrogens with one attached hydrogen (secondary N) is 1. The number of benzene rings is 1. The lowest BCUT2D eigenvalue weighted by Gasteiger charge is -2.27. The molecular formula is C24H33N5O4. The zero-order valence-corrected chi connectivity index (χ0v) is 19.4. The van der Waals surface area contributed by atoms with Crippen LogP contribution in [-0.2, 0) is 16.1 Å². The second-order valence-corrected chi connectivity index (χ2v) is 8.44. The Labute approximate surface area is 193 Å². The van der Waals surface area contributed by atoms with Crippen LogP contribution in [0.15, 0.2) is 39.9 Å². The summed E-state index contributed by atoms with van der Waals surface area (Å²) in [5.41, 5.74) is 5.76. The van der Waals surface area contributed by atoms with Gasteiger partial charge in [-0.05, 0) is 25.0 Å². The Bertz CT molecular complexity index is 1090. The van der Waals surface area contributed by atoms with E-state index in [1.807, 2.05) is 44.2 Å². The van der Waals surface area contributed by atoms with Crippen LogP contribution >= 0.6 is 0 Å². The number of rotatable bonds is 10. The molecule has 178 valence electrons. The van der Waals surface area contributed by atoms with Crippen molar-refractivity contribution in [3.05, 3.63) is 51.2 Å².